The molecule has 0 spiro atoms. The lowest BCUT2D eigenvalue weighted by atomic mass is 10.2. The number of aryl methyl sites for hydroxylation is 1. The highest BCUT2D eigenvalue weighted by atomic mass is 35.5. The van der Waals surface area contributed by atoms with Gasteiger partial charge in [0.25, 0.3) is 5.91 Å². The van der Waals surface area contributed by atoms with Crippen LogP contribution in [0.3, 0.4) is 0 Å². The van der Waals surface area contributed by atoms with Crippen molar-refractivity contribution in [2.45, 2.75) is 6.92 Å². The van der Waals surface area contributed by atoms with Gasteiger partial charge in [0.05, 0.1) is 0 Å². The topological polar surface area (TPSA) is 105 Å². The number of carbonyl (C=O) groups excluding carboxylic acids is 1. The molecule has 26 heavy (non-hydrogen) atoms. The first kappa shape index (κ1) is 17.5. The Kier molecular flexibility index (Phi) is 5.19. The molecule has 7 nitrogen and oxygen atoms in total. The van der Waals surface area contributed by atoms with Gasteiger partial charge in [0.15, 0.2) is 11.6 Å². The molecule has 1 aromatic heterocycles. The zero-order valence-electron chi connectivity index (χ0n) is 14.0. The maximum Gasteiger partial charge on any atom is 0.269 e. The van der Waals surface area contributed by atoms with Crippen molar-refractivity contribution in [1.29, 1.82) is 0 Å². The fourth-order valence-corrected chi connectivity index (χ4v) is 2.35. The van der Waals surface area contributed by atoms with Gasteiger partial charge < -0.3 is 11.1 Å². The molecule has 0 unspecified atom stereocenters. The largest absolute Gasteiger partial charge is 0.393 e. The van der Waals surface area contributed by atoms with Gasteiger partial charge in [-0.2, -0.15) is 0 Å². The van der Waals surface area contributed by atoms with Crippen LogP contribution in [-0.2, 0) is 0 Å². The van der Waals surface area contributed by atoms with Gasteiger partial charge in [-0.15, -0.1) is 0 Å². The molecule has 1 amide bonds. The number of anilines is 4. The molecular formula is C18H17ClN6O. The van der Waals surface area contributed by atoms with Crippen LogP contribution in [0.2, 0.25) is 5.02 Å². The van der Waals surface area contributed by atoms with Crippen molar-refractivity contribution in [2.24, 2.45) is 0 Å². The molecule has 0 bridgehead atoms. The van der Waals surface area contributed by atoms with Gasteiger partial charge in [-0.25, -0.2) is 9.97 Å². The molecule has 2 aromatic carbocycles. The Morgan fingerprint density at radius 3 is 2.46 bits per heavy atom. The fourth-order valence-electron chi connectivity index (χ4n) is 2.22. The van der Waals surface area contributed by atoms with Gasteiger partial charge in [0.2, 0.25) is 0 Å². The number of nitrogens with one attached hydrogen (secondary N) is 3. The van der Waals surface area contributed by atoms with E-state index in [2.05, 4.69) is 26.1 Å². The maximum atomic E-state index is 12.1. The van der Waals surface area contributed by atoms with Crippen molar-refractivity contribution >= 4 is 40.5 Å². The summed E-state index contributed by atoms with van der Waals surface area (Å²) in [7, 11) is 0. The van der Waals surface area contributed by atoms with E-state index in [1.807, 2.05) is 31.2 Å². The Morgan fingerprint density at radius 1 is 1.04 bits per heavy atom. The van der Waals surface area contributed by atoms with Crippen LogP contribution in [0.25, 0.3) is 0 Å². The van der Waals surface area contributed by atoms with E-state index in [4.69, 9.17) is 17.3 Å². The lowest BCUT2D eigenvalue weighted by Crippen LogP contribution is -2.30. The van der Waals surface area contributed by atoms with Crippen LogP contribution in [0.1, 0.15) is 15.9 Å². The predicted molar refractivity (Wildman–Crippen MR) is 103 cm³/mol. The monoisotopic (exact) mass is 368 g/mol. The van der Waals surface area contributed by atoms with Gasteiger partial charge in [0, 0.05) is 16.3 Å². The number of aromatic nitrogens is 2. The molecule has 132 valence electrons. The predicted octanol–water partition coefficient (Wildman–Crippen LogP) is 3.52. The highest BCUT2D eigenvalue weighted by Gasteiger charge is 2.11. The second-order valence-corrected chi connectivity index (χ2v) is 5.95. The first-order valence-electron chi connectivity index (χ1n) is 7.79. The van der Waals surface area contributed by atoms with Gasteiger partial charge in [-0.1, -0.05) is 29.8 Å². The molecule has 3 aromatic rings. The number of nitrogens with zero attached hydrogens (tertiary/aromatic N) is 2. The summed E-state index contributed by atoms with van der Waals surface area (Å²) in [5, 5.41) is 3.72. The van der Waals surface area contributed by atoms with E-state index in [1.165, 1.54) is 6.33 Å². The van der Waals surface area contributed by atoms with Crippen molar-refractivity contribution in [2.75, 3.05) is 16.5 Å². The second-order valence-electron chi connectivity index (χ2n) is 5.51. The lowest BCUT2D eigenvalue weighted by molar-refractivity contribution is 0.0962. The van der Waals surface area contributed by atoms with Crippen LogP contribution in [0, 0.1) is 6.92 Å². The number of nitrogens with two attached hydrogens (primary N) is 1. The van der Waals surface area contributed by atoms with Crippen molar-refractivity contribution in [3.8, 4) is 0 Å². The van der Waals surface area contributed by atoms with Gasteiger partial charge in [-0.05, 0) is 42.8 Å². The average Bonchev–Trinajstić information content (AvgIpc) is 2.64. The summed E-state index contributed by atoms with van der Waals surface area (Å²) in [5.74, 6) is 0.393. The zero-order chi connectivity index (χ0) is 18.5. The van der Waals surface area contributed by atoms with E-state index in [0.29, 0.717) is 22.2 Å². The molecule has 0 aliphatic carbocycles. The number of halogens is 1. The van der Waals surface area contributed by atoms with Crippen molar-refractivity contribution in [3.63, 3.8) is 0 Å². The molecule has 0 radical (unpaired) electrons. The third-order valence-electron chi connectivity index (χ3n) is 3.68. The first-order valence-corrected chi connectivity index (χ1v) is 8.17. The fraction of sp³-hybridized carbons (Fsp3) is 0.0556. The van der Waals surface area contributed by atoms with Crippen molar-refractivity contribution < 1.29 is 4.79 Å². The van der Waals surface area contributed by atoms with E-state index < -0.39 is 0 Å². The van der Waals surface area contributed by atoms with Crippen LogP contribution in [-0.4, -0.2) is 15.9 Å². The Hall–Kier alpha value is -3.32. The standard InChI is InChI=1S/C18H17ClN6O/c1-11-4-2-3-5-14(11)23-16-15(20)17(22-10-21-16)24-25-18(26)12-6-8-13(19)9-7-12/h2-10H,20H2,1H3,(H,25,26)(H2,21,22,23,24). The third-order valence-corrected chi connectivity index (χ3v) is 3.93. The number of hydrazine groups is 1. The number of amides is 1. The molecule has 5 N–H and O–H groups in total. The van der Waals surface area contributed by atoms with Crippen LogP contribution < -0.4 is 21.9 Å². The second kappa shape index (κ2) is 7.71. The molecule has 0 saturated carbocycles. The molecule has 0 saturated heterocycles. The Bertz CT molecular complexity index is 929. The molecule has 0 fully saturated rings. The molecule has 3 rings (SSSR count). The highest BCUT2D eigenvalue weighted by molar-refractivity contribution is 6.30. The summed E-state index contributed by atoms with van der Waals surface area (Å²) >= 11 is 5.82. The first-order chi connectivity index (χ1) is 12.5. The minimum absolute atomic E-state index is 0.284. The van der Waals surface area contributed by atoms with Gasteiger partial charge in [-0.3, -0.25) is 15.6 Å². The van der Waals surface area contributed by atoms with E-state index in [-0.39, 0.29) is 11.6 Å². The molecule has 0 aliphatic heterocycles. The lowest BCUT2D eigenvalue weighted by Gasteiger charge is -2.14. The number of hydrogen-bond acceptors (Lipinski definition) is 6. The van der Waals surface area contributed by atoms with Crippen LogP contribution >= 0.6 is 11.6 Å². The number of carbonyl (C=O) groups is 1. The minimum Gasteiger partial charge on any atom is -0.393 e. The minimum atomic E-state index is -0.340. The number of para-hydroxylation sites is 1. The van der Waals surface area contributed by atoms with Gasteiger partial charge in [0.1, 0.15) is 12.0 Å². The molecule has 8 heteroatoms. The Balaban J connectivity index is 1.72. The number of hydrogen-bond donors (Lipinski definition) is 4. The summed E-state index contributed by atoms with van der Waals surface area (Å²) in [6.07, 6.45) is 1.35. The smallest absolute Gasteiger partial charge is 0.269 e. The summed E-state index contributed by atoms with van der Waals surface area (Å²) < 4.78 is 0. The van der Waals surface area contributed by atoms with E-state index in [0.717, 1.165) is 11.3 Å². The maximum absolute atomic E-state index is 12.1. The number of rotatable bonds is 5. The third kappa shape index (κ3) is 4.01. The molecular weight excluding hydrogens is 352 g/mol. The van der Waals surface area contributed by atoms with Crippen molar-refractivity contribution in [3.05, 3.63) is 71.0 Å². The quantitative estimate of drug-likeness (QED) is 0.513. The van der Waals surface area contributed by atoms with E-state index in [9.17, 15) is 4.79 Å². The average molecular weight is 369 g/mol. The summed E-state index contributed by atoms with van der Waals surface area (Å²) in [6.45, 7) is 1.98. The van der Waals surface area contributed by atoms with E-state index in [1.54, 1.807) is 24.3 Å². The highest BCUT2D eigenvalue weighted by Crippen LogP contribution is 2.26. The Labute approximate surface area is 155 Å². The normalized spacial score (nSPS) is 10.2. The SMILES string of the molecule is Cc1ccccc1Nc1ncnc(NNC(=O)c2ccc(Cl)cc2)c1N. The summed E-state index contributed by atoms with van der Waals surface area (Å²) in [5.41, 5.74) is 14.0. The zero-order valence-corrected chi connectivity index (χ0v) is 14.7. The molecule has 0 aliphatic rings. The Morgan fingerprint density at radius 2 is 1.73 bits per heavy atom. The number of benzene rings is 2. The van der Waals surface area contributed by atoms with Crippen molar-refractivity contribution in [1.82, 2.24) is 15.4 Å². The molecule has 1 heterocycles. The van der Waals surface area contributed by atoms with Crippen LogP contribution in [0.4, 0.5) is 23.0 Å². The summed E-state index contributed by atoms with van der Waals surface area (Å²) in [4.78, 5) is 20.4. The van der Waals surface area contributed by atoms with Crippen LogP contribution in [0.15, 0.2) is 54.9 Å². The van der Waals surface area contributed by atoms with Gasteiger partial charge >= 0.3 is 0 Å². The number of nitrogen functional groups attached to an aromatic ring is 1. The van der Waals surface area contributed by atoms with E-state index >= 15 is 0 Å². The van der Waals surface area contributed by atoms with Crippen LogP contribution in [0.5, 0.6) is 0 Å². The summed E-state index contributed by atoms with van der Waals surface area (Å²) in [6, 6.07) is 14.3. The molecule has 0 atom stereocenters.